The molecule has 0 spiro atoms. The number of aromatic nitrogens is 2. The number of primary amides is 2. The summed E-state index contributed by atoms with van der Waals surface area (Å²) in [5.41, 5.74) is 14.6. The number of aromatic amines is 1. The minimum absolute atomic E-state index is 0.207. The summed E-state index contributed by atoms with van der Waals surface area (Å²) in [7, 11) is 0. The van der Waals surface area contributed by atoms with Crippen molar-refractivity contribution in [1.29, 1.82) is 0 Å². The second kappa shape index (κ2) is 5.20. The van der Waals surface area contributed by atoms with E-state index in [1.165, 1.54) is 0 Å². The molecule has 0 radical (unpaired) electrons. The Morgan fingerprint density at radius 2 is 1.74 bits per heavy atom. The van der Waals surface area contributed by atoms with Crippen molar-refractivity contribution in [1.82, 2.24) is 9.55 Å². The maximum absolute atomic E-state index is 11.7. The molecule has 3 aromatic rings. The number of urea groups is 1. The highest BCUT2D eigenvalue weighted by atomic mass is 16.2. The summed E-state index contributed by atoms with van der Waals surface area (Å²) in [6, 6.07) is 8.89. The van der Waals surface area contributed by atoms with Crippen LogP contribution < -0.4 is 16.8 Å². The zero-order valence-corrected chi connectivity index (χ0v) is 12.8. The van der Waals surface area contributed by atoms with E-state index in [1.807, 2.05) is 38.1 Å². The molecule has 2 heterocycles. The monoisotopic (exact) mass is 311 g/mol. The molecule has 3 rings (SSSR count). The summed E-state index contributed by atoms with van der Waals surface area (Å²) >= 11 is 0. The fourth-order valence-electron chi connectivity index (χ4n) is 2.87. The number of nitrogens with two attached hydrogens (primary N) is 2. The Bertz CT molecular complexity index is 916. The number of nitrogens with one attached hydrogen (secondary N) is 2. The number of rotatable bonds is 3. The highest BCUT2D eigenvalue weighted by Crippen LogP contribution is 2.28. The fraction of sp³-hybridized carbons (Fsp3) is 0.125. The van der Waals surface area contributed by atoms with Gasteiger partial charge in [-0.25, -0.2) is 4.79 Å². The molecule has 0 fully saturated rings. The maximum atomic E-state index is 11.7. The molecule has 7 heteroatoms. The number of H-pyrrole nitrogens is 1. The lowest BCUT2D eigenvalue weighted by Crippen LogP contribution is -2.22. The van der Waals surface area contributed by atoms with Crippen LogP contribution in [0.25, 0.3) is 16.6 Å². The average molecular weight is 311 g/mol. The van der Waals surface area contributed by atoms with Gasteiger partial charge in [0.1, 0.15) is 5.82 Å². The van der Waals surface area contributed by atoms with Crippen molar-refractivity contribution in [3.05, 3.63) is 47.3 Å². The Morgan fingerprint density at radius 1 is 1.09 bits per heavy atom. The first-order valence-electron chi connectivity index (χ1n) is 7.06. The zero-order chi connectivity index (χ0) is 16.7. The molecule has 0 bridgehead atoms. The zero-order valence-electron chi connectivity index (χ0n) is 12.8. The largest absolute Gasteiger partial charge is 0.365 e. The van der Waals surface area contributed by atoms with Crippen molar-refractivity contribution in [2.75, 3.05) is 5.32 Å². The SMILES string of the molecule is Cc1ccc(C)n1-c1ccc2c(C(N)=O)c(NC(N)=O)[nH]c2c1. The Morgan fingerprint density at radius 3 is 2.30 bits per heavy atom. The van der Waals surface area contributed by atoms with E-state index < -0.39 is 11.9 Å². The second-order valence-corrected chi connectivity index (χ2v) is 5.41. The molecule has 0 saturated carbocycles. The molecule has 0 unspecified atom stereocenters. The van der Waals surface area contributed by atoms with Crippen LogP contribution in [0, 0.1) is 13.8 Å². The van der Waals surface area contributed by atoms with Crippen molar-refractivity contribution in [2.24, 2.45) is 11.5 Å². The third kappa shape index (κ3) is 2.42. The summed E-state index contributed by atoms with van der Waals surface area (Å²) < 4.78 is 2.09. The molecule has 0 aliphatic carbocycles. The number of anilines is 1. The van der Waals surface area contributed by atoms with Crippen LogP contribution in [-0.2, 0) is 0 Å². The van der Waals surface area contributed by atoms with Crippen LogP contribution in [-0.4, -0.2) is 21.5 Å². The minimum Gasteiger partial charge on any atom is -0.365 e. The normalized spacial score (nSPS) is 10.9. The lowest BCUT2D eigenvalue weighted by molar-refractivity contribution is 0.100. The van der Waals surface area contributed by atoms with Crippen molar-refractivity contribution in [2.45, 2.75) is 13.8 Å². The van der Waals surface area contributed by atoms with Crippen molar-refractivity contribution < 1.29 is 9.59 Å². The van der Waals surface area contributed by atoms with Gasteiger partial charge in [0.2, 0.25) is 0 Å². The molecule has 7 nitrogen and oxygen atoms in total. The van der Waals surface area contributed by atoms with Crippen LogP contribution in [0.3, 0.4) is 0 Å². The van der Waals surface area contributed by atoms with Crippen LogP contribution >= 0.6 is 0 Å². The third-order valence-electron chi connectivity index (χ3n) is 3.81. The number of carbonyl (C=O) groups is 2. The predicted molar refractivity (Wildman–Crippen MR) is 88.8 cm³/mol. The summed E-state index contributed by atoms with van der Waals surface area (Å²) in [5.74, 6) is -0.431. The number of fused-ring (bicyclic) bond motifs is 1. The van der Waals surface area contributed by atoms with Crippen LogP contribution in [0.1, 0.15) is 21.7 Å². The smallest absolute Gasteiger partial charge is 0.317 e. The van der Waals surface area contributed by atoms with Gasteiger partial charge in [-0.15, -0.1) is 0 Å². The molecule has 0 saturated heterocycles. The highest BCUT2D eigenvalue weighted by Gasteiger charge is 2.18. The first-order chi connectivity index (χ1) is 10.9. The quantitative estimate of drug-likeness (QED) is 0.593. The maximum Gasteiger partial charge on any atom is 0.317 e. The van der Waals surface area contributed by atoms with Gasteiger partial charge >= 0.3 is 6.03 Å². The molecule has 0 aliphatic rings. The second-order valence-electron chi connectivity index (χ2n) is 5.41. The number of benzene rings is 1. The van der Waals surface area contributed by atoms with Crippen LogP contribution in [0.4, 0.5) is 10.6 Å². The number of nitrogens with zero attached hydrogens (tertiary/aromatic N) is 1. The van der Waals surface area contributed by atoms with Gasteiger partial charge in [-0.2, -0.15) is 0 Å². The molecular formula is C16H17N5O2. The van der Waals surface area contributed by atoms with E-state index in [1.54, 1.807) is 6.07 Å². The standard InChI is InChI=1S/C16H17N5O2/c1-8-3-4-9(2)21(8)10-5-6-11-12(7-10)19-15(20-16(18)23)13(11)14(17)22/h3-7,19H,1-2H3,(H2,17,22)(H3,18,20,23). The fourth-order valence-corrected chi connectivity index (χ4v) is 2.87. The molecule has 0 atom stereocenters. The summed E-state index contributed by atoms with van der Waals surface area (Å²) in [6.45, 7) is 4.03. The Labute approximate surface area is 132 Å². The molecule has 3 amide bonds. The average Bonchev–Trinajstić information content (AvgIpc) is 2.97. The van der Waals surface area contributed by atoms with E-state index in [0.29, 0.717) is 10.9 Å². The van der Waals surface area contributed by atoms with Gasteiger partial charge in [-0.3, -0.25) is 10.1 Å². The number of carbonyl (C=O) groups excluding carboxylic acids is 2. The van der Waals surface area contributed by atoms with E-state index in [-0.39, 0.29) is 11.4 Å². The van der Waals surface area contributed by atoms with E-state index in [4.69, 9.17) is 11.5 Å². The van der Waals surface area contributed by atoms with Crippen LogP contribution in [0.2, 0.25) is 0 Å². The Balaban J connectivity index is 2.21. The Hall–Kier alpha value is -3.22. The van der Waals surface area contributed by atoms with Crippen molar-refractivity contribution >= 4 is 28.7 Å². The van der Waals surface area contributed by atoms with E-state index in [2.05, 4.69) is 14.9 Å². The number of hydrogen-bond acceptors (Lipinski definition) is 2. The van der Waals surface area contributed by atoms with Crippen LogP contribution in [0.15, 0.2) is 30.3 Å². The first kappa shape index (κ1) is 14.7. The van der Waals surface area contributed by atoms with Crippen LogP contribution in [0.5, 0.6) is 0 Å². The molecule has 1 aromatic carbocycles. The predicted octanol–water partition coefficient (Wildman–Crippen LogP) is 2.16. The first-order valence-corrected chi connectivity index (χ1v) is 7.06. The summed E-state index contributed by atoms with van der Waals surface area (Å²) in [6.07, 6.45) is 0. The van der Waals surface area contributed by atoms with Crippen molar-refractivity contribution in [3.63, 3.8) is 0 Å². The number of amides is 3. The molecule has 0 aliphatic heterocycles. The van der Waals surface area contributed by atoms with E-state index in [9.17, 15) is 9.59 Å². The van der Waals surface area contributed by atoms with E-state index in [0.717, 1.165) is 17.1 Å². The Kier molecular flexibility index (Phi) is 3.33. The van der Waals surface area contributed by atoms with Gasteiger partial charge in [0.05, 0.1) is 5.56 Å². The minimum atomic E-state index is -0.767. The van der Waals surface area contributed by atoms with E-state index >= 15 is 0 Å². The highest BCUT2D eigenvalue weighted by molar-refractivity contribution is 6.13. The number of hydrogen-bond donors (Lipinski definition) is 4. The van der Waals surface area contributed by atoms with Gasteiger partial charge in [-0.05, 0) is 44.2 Å². The summed E-state index contributed by atoms with van der Waals surface area (Å²) in [4.78, 5) is 25.8. The summed E-state index contributed by atoms with van der Waals surface area (Å²) in [5, 5.41) is 3.03. The lowest BCUT2D eigenvalue weighted by Gasteiger charge is -2.09. The van der Waals surface area contributed by atoms with Gasteiger partial charge < -0.3 is 21.0 Å². The van der Waals surface area contributed by atoms with Gasteiger partial charge in [0.25, 0.3) is 5.91 Å². The molecule has 23 heavy (non-hydrogen) atoms. The molecular weight excluding hydrogens is 294 g/mol. The van der Waals surface area contributed by atoms with Crippen molar-refractivity contribution in [3.8, 4) is 5.69 Å². The molecule has 118 valence electrons. The third-order valence-corrected chi connectivity index (χ3v) is 3.81. The van der Waals surface area contributed by atoms with Gasteiger partial charge in [-0.1, -0.05) is 0 Å². The van der Waals surface area contributed by atoms with Gasteiger partial charge in [0, 0.05) is 28.0 Å². The number of aryl methyl sites for hydroxylation is 2. The molecule has 6 N–H and O–H groups in total. The lowest BCUT2D eigenvalue weighted by atomic mass is 10.1. The van der Waals surface area contributed by atoms with Gasteiger partial charge in [0.15, 0.2) is 0 Å². The molecule has 2 aromatic heterocycles. The topological polar surface area (TPSA) is 119 Å².